The van der Waals surface area contributed by atoms with E-state index in [1.807, 2.05) is 134 Å². The number of benzene rings is 5. The van der Waals surface area contributed by atoms with Crippen LogP contribution in [0.15, 0.2) is 145 Å². The summed E-state index contributed by atoms with van der Waals surface area (Å²) in [7, 11) is 0.0738. The minimum atomic E-state index is -3.80. The molecule has 5 atom stereocenters. The lowest BCUT2D eigenvalue weighted by molar-refractivity contribution is -0.142. The lowest BCUT2D eigenvalue weighted by atomic mass is 9.90. The lowest BCUT2D eigenvalue weighted by Crippen LogP contribution is -2.50. The van der Waals surface area contributed by atoms with Crippen LogP contribution in [0.2, 0.25) is 0 Å². The summed E-state index contributed by atoms with van der Waals surface area (Å²) < 4.78 is 41.0. The summed E-state index contributed by atoms with van der Waals surface area (Å²) >= 11 is 0. The molecule has 66 heavy (non-hydrogen) atoms. The van der Waals surface area contributed by atoms with Gasteiger partial charge in [0.2, 0.25) is 21.8 Å². The number of hydrogen-bond acceptors (Lipinski definition) is 9. The highest BCUT2D eigenvalue weighted by Gasteiger charge is 2.49. The Morgan fingerprint density at radius 2 is 1.42 bits per heavy atom. The van der Waals surface area contributed by atoms with Crippen LogP contribution >= 0.6 is 0 Å². The fourth-order valence-electron chi connectivity index (χ4n) is 9.88. The Bertz CT molecular complexity index is 2710. The second kappa shape index (κ2) is 20.2. The molecular formula is C52H55N5O8S. The number of allylic oxidation sites excluding steroid dienone is 2. The maximum Gasteiger partial charge on any atom is 0.407 e. The van der Waals surface area contributed by atoms with Crippen LogP contribution in [0, 0.1) is 23.7 Å². The molecule has 5 aromatic rings. The van der Waals surface area contributed by atoms with Gasteiger partial charge in [-0.25, -0.2) is 13.2 Å². The van der Waals surface area contributed by atoms with Crippen LogP contribution in [0.5, 0.6) is 0 Å². The van der Waals surface area contributed by atoms with Gasteiger partial charge in [0.05, 0.1) is 11.4 Å². The topological polar surface area (TPSA) is 163 Å². The highest BCUT2D eigenvalue weighted by molar-refractivity contribution is 7.89. The molecule has 1 saturated heterocycles. The molecule has 1 heterocycles. The molecule has 2 aliphatic carbocycles. The largest absolute Gasteiger partial charge is 0.460 e. The Morgan fingerprint density at radius 1 is 0.773 bits per heavy atom. The molecule has 8 rings (SSSR count). The Hall–Kier alpha value is -6.77. The van der Waals surface area contributed by atoms with Crippen LogP contribution in [0.25, 0.3) is 21.9 Å². The first-order valence-corrected chi connectivity index (χ1v) is 23.7. The van der Waals surface area contributed by atoms with Gasteiger partial charge in [-0.05, 0) is 70.0 Å². The van der Waals surface area contributed by atoms with Crippen LogP contribution in [0.4, 0.5) is 10.5 Å². The monoisotopic (exact) mass is 909 g/mol. The average molecular weight is 910 g/mol. The predicted octanol–water partition coefficient (Wildman–Crippen LogP) is 6.45. The van der Waals surface area contributed by atoms with Gasteiger partial charge in [-0.3, -0.25) is 14.4 Å². The van der Waals surface area contributed by atoms with Gasteiger partial charge in [0.15, 0.2) is 0 Å². The van der Waals surface area contributed by atoms with E-state index in [1.54, 1.807) is 22.5 Å². The van der Waals surface area contributed by atoms with Gasteiger partial charge in [-0.1, -0.05) is 121 Å². The summed E-state index contributed by atoms with van der Waals surface area (Å²) in [4.78, 5) is 54.2. The number of carbonyl (C=O) groups excluding carboxylic acids is 4. The van der Waals surface area contributed by atoms with E-state index in [1.165, 1.54) is 0 Å². The number of nitrogens with zero attached hydrogens (tertiary/aromatic N) is 2. The first-order chi connectivity index (χ1) is 31.9. The summed E-state index contributed by atoms with van der Waals surface area (Å²) in [5.41, 5.74) is 6.05. The Kier molecular flexibility index (Phi) is 14.0. The van der Waals surface area contributed by atoms with Gasteiger partial charge in [-0.15, -0.1) is 6.58 Å². The minimum absolute atomic E-state index is 0.0347. The van der Waals surface area contributed by atoms with Crippen molar-refractivity contribution in [1.29, 1.82) is 0 Å². The molecule has 0 spiro atoms. The molecule has 0 bridgehead atoms. The molecule has 3 N–H and O–H groups in total. The van der Waals surface area contributed by atoms with Crippen molar-refractivity contribution in [2.45, 2.75) is 29.7 Å². The van der Waals surface area contributed by atoms with Gasteiger partial charge < -0.3 is 30.3 Å². The zero-order valence-electron chi connectivity index (χ0n) is 37.1. The van der Waals surface area contributed by atoms with E-state index in [-0.39, 0.29) is 49.2 Å². The van der Waals surface area contributed by atoms with Crippen molar-refractivity contribution >= 4 is 50.4 Å². The summed E-state index contributed by atoms with van der Waals surface area (Å²) in [6, 6.07) is 35.2. The smallest absolute Gasteiger partial charge is 0.407 e. The van der Waals surface area contributed by atoms with Crippen molar-refractivity contribution in [2.24, 2.45) is 23.7 Å². The van der Waals surface area contributed by atoms with Crippen molar-refractivity contribution in [3.05, 3.63) is 157 Å². The van der Waals surface area contributed by atoms with E-state index in [9.17, 15) is 27.6 Å². The van der Waals surface area contributed by atoms with Gasteiger partial charge in [0, 0.05) is 56.0 Å². The summed E-state index contributed by atoms with van der Waals surface area (Å²) in [5, 5.41) is 9.28. The number of amides is 3. The third-order valence-electron chi connectivity index (χ3n) is 13.1. The van der Waals surface area contributed by atoms with E-state index in [2.05, 4.69) is 22.5 Å². The lowest BCUT2D eigenvalue weighted by Gasteiger charge is -2.22. The number of ether oxygens (including phenoxy) is 2. The first kappa shape index (κ1) is 45.8. The number of sulfonamides is 1. The van der Waals surface area contributed by atoms with Crippen LogP contribution in [0.3, 0.4) is 0 Å². The van der Waals surface area contributed by atoms with Crippen LogP contribution in [-0.2, 0) is 40.3 Å². The Balaban J connectivity index is 0.799. The molecule has 13 nitrogen and oxygen atoms in total. The molecule has 3 amide bonds. The van der Waals surface area contributed by atoms with E-state index < -0.39 is 53.0 Å². The quantitative estimate of drug-likeness (QED) is 0.0704. The van der Waals surface area contributed by atoms with Crippen molar-refractivity contribution < 1.29 is 37.1 Å². The molecule has 1 saturated carbocycles. The number of carbonyl (C=O) groups is 4. The molecule has 14 heteroatoms. The molecule has 3 aliphatic rings. The Labute approximate surface area is 385 Å². The van der Waals surface area contributed by atoms with Gasteiger partial charge in [-0.2, -0.15) is 4.31 Å². The zero-order valence-corrected chi connectivity index (χ0v) is 37.9. The van der Waals surface area contributed by atoms with Crippen molar-refractivity contribution in [3.8, 4) is 11.1 Å². The molecule has 0 unspecified atom stereocenters. The molecule has 342 valence electrons. The average Bonchev–Trinajstić information content (AvgIpc) is 4.01. The van der Waals surface area contributed by atoms with Crippen LogP contribution < -0.4 is 20.9 Å². The second-order valence-corrected chi connectivity index (χ2v) is 19.2. The van der Waals surface area contributed by atoms with E-state index in [4.69, 9.17) is 9.47 Å². The number of nitrogens with one attached hydrogen (secondary N) is 3. The highest BCUT2D eigenvalue weighted by atomic mass is 32.2. The molecule has 5 aromatic carbocycles. The molecule has 0 radical (unpaired) electrons. The van der Waals surface area contributed by atoms with Gasteiger partial charge in [0.1, 0.15) is 25.8 Å². The van der Waals surface area contributed by atoms with Crippen molar-refractivity contribution in [1.82, 2.24) is 20.3 Å². The molecule has 2 fully saturated rings. The number of rotatable bonds is 17. The first-order valence-electron chi connectivity index (χ1n) is 22.3. The number of esters is 1. The van der Waals surface area contributed by atoms with E-state index >= 15 is 0 Å². The second-order valence-electron chi connectivity index (χ2n) is 17.3. The minimum Gasteiger partial charge on any atom is -0.460 e. The normalized spacial score (nSPS) is 19.4. The molecule has 0 aromatic heterocycles. The maximum absolute atomic E-state index is 14.2. The SMILES string of the molecule is C=C[C@@H]1C[C@H](/C=C/COC(=O)CNC(=O)CNC(=O)[C@H](Cc2ccccc2)NC(=O)OCC2c3ccccc3-c3ccccc32)[C@@H]2CN(S(=O)(=O)c3cccc4c(N(C)C)cccc34)C[C@@H]21. The maximum atomic E-state index is 14.2. The summed E-state index contributed by atoms with van der Waals surface area (Å²) in [6.07, 6.45) is 5.86. The summed E-state index contributed by atoms with van der Waals surface area (Å²) in [6.45, 7) is 4.00. The zero-order chi connectivity index (χ0) is 46.4. The van der Waals surface area contributed by atoms with Crippen LogP contribution in [0.1, 0.15) is 29.0 Å². The fourth-order valence-corrected chi connectivity index (χ4v) is 11.6. The standard InChI is InChI=1S/C52H55N5O8S/c1-4-35-28-36(44-32-57(31-43(35)44)66(62,63)48-25-13-22-41-42(48)23-12-24-47(41)56(2)3)17-14-26-64-50(59)30-53-49(58)29-54-51(60)46(27-34-15-6-5-7-16-34)55-52(61)65-33-45-39-20-10-8-18-37(39)38-19-9-11-21-40(38)45/h4-25,35-36,43-46H,1,26-33H2,2-3H3,(H,53,58)(H,54,60)(H,55,61)/b17-14+/t35-,36+,43-,44+,46+/m1/s1. The third kappa shape index (κ3) is 9.89. The molecular weight excluding hydrogens is 855 g/mol. The highest BCUT2D eigenvalue weighted by Crippen LogP contribution is 2.49. The number of hydrogen-bond donors (Lipinski definition) is 3. The predicted molar refractivity (Wildman–Crippen MR) is 254 cm³/mol. The number of fused-ring (bicyclic) bond motifs is 5. The third-order valence-corrected chi connectivity index (χ3v) is 15.0. The van der Waals surface area contributed by atoms with Crippen LogP contribution in [-0.4, -0.2) is 96.1 Å². The fraction of sp³-hybridized carbons (Fsp3) is 0.308. The van der Waals surface area contributed by atoms with Gasteiger partial charge in [0.25, 0.3) is 0 Å². The Morgan fingerprint density at radius 3 is 2.12 bits per heavy atom. The molecule has 1 aliphatic heterocycles. The summed E-state index contributed by atoms with van der Waals surface area (Å²) in [5.74, 6) is -1.69. The van der Waals surface area contributed by atoms with E-state index in [0.717, 1.165) is 45.3 Å². The van der Waals surface area contributed by atoms with Crippen molar-refractivity contribution in [3.63, 3.8) is 0 Å². The van der Waals surface area contributed by atoms with Crippen molar-refractivity contribution in [2.75, 3.05) is 58.4 Å². The number of alkyl carbamates (subject to hydrolysis) is 1. The number of anilines is 1. The van der Waals surface area contributed by atoms with E-state index in [0.29, 0.717) is 23.4 Å². The van der Waals surface area contributed by atoms with Gasteiger partial charge >= 0.3 is 12.1 Å².